The zero-order valence-corrected chi connectivity index (χ0v) is 12.4. The third kappa shape index (κ3) is 3.79. The van der Waals surface area contributed by atoms with Gasteiger partial charge >= 0.3 is 11.9 Å². The fourth-order valence-corrected chi connectivity index (χ4v) is 2.86. The molecule has 0 amide bonds. The Bertz CT molecular complexity index is 897. The smallest absolute Gasteiger partial charge is 0.279 e. The normalized spacial score (nSPS) is 12.0. The zero-order chi connectivity index (χ0) is 18.1. The predicted octanol–water partition coefficient (Wildman–Crippen LogP) is 3.55. The van der Waals surface area contributed by atoms with Crippen LogP contribution in [-0.2, 0) is 16.2 Å². The molecule has 0 aliphatic heterocycles. The van der Waals surface area contributed by atoms with Gasteiger partial charge in [0.2, 0.25) is 5.82 Å². The lowest BCUT2D eigenvalue weighted by Gasteiger charge is -2.11. The average Bonchev–Trinajstić information content (AvgIpc) is 2.48. The fraction of sp³-hybridized carbons (Fsp3) is 0.0769. The Balaban J connectivity index is 2.39. The second kappa shape index (κ2) is 6.07. The Morgan fingerprint density at radius 1 is 1.08 bits per heavy atom. The van der Waals surface area contributed by atoms with Crippen molar-refractivity contribution in [2.45, 2.75) is 11.1 Å². The Hall–Kier alpha value is -2.69. The molecule has 0 heterocycles. The van der Waals surface area contributed by atoms with E-state index in [1.54, 1.807) is 0 Å². The van der Waals surface area contributed by atoms with E-state index in [2.05, 4.69) is 0 Å². The number of hydrogen-bond donors (Lipinski definition) is 1. The zero-order valence-electron chi connectivity index (χ0n) is 11.5. The largest absolute Gasteiger partial charge is 0.416 e. The van der Waals surface area contributed by atoms with Gasteiger partial charge in [-0.15, -0.1) is 0 Å². The summed E-state index contributed by atoms with van der Waals surface area (Å²) in [4.78, 5) is 8.88. The van der Waals surface area contributed by atoms with Crippen LogP contribution >= 0.6 is 0 Å². The first kappa shape index (κ1) is 17.7. The van der Waals surface area contributed by atoms with Crippen LogP contribution in [0, 0.1) is 15.9 Å². The molecule has 0 fully saturated rings. The van der Waals surface area contributed by atoms with Crippen molar-refractivity contribution >= 4 is 21.4 Å². The molecule has 24 heavy (non-hydrogen) atoms. The van der Waals surface area contributed by atoms with E-state index in [0.717, 1.165) is 18.2 Å². The first-order valence-corrected chi connectivity index (χ1v) is 7.63. The Kier molecular flexibility index (Phi) is 4.47. The van der Waals surface area contributed by atoms with Crippen molar-refractivity contribution in [3.05, 3.63) is 64.0 Å². The van der Waals surface area contributed by atoms with Crippen molar-refractivity contribution in [3.8, 4) is 0 Å². The van der Waals surface area contributed by atoms with Gasteiger partial charge in [0.1, 0.15) is 0 Å². The summed E-state index contributed by atoms with van der Waals surface area (Å²) >= 11 is 0. The van der Waals surface area contributed by atoms with Crippen molar-refractivity contribution in [1.82, 2.24) is 0 Å². The highest BCUT2D eigenvalue weighted by molar-refractivity contribution is 7.92. The number of rotatable bonds is 4. The van der Waals surface area contributed by atoms with Crippen LogP contribution in [0.15, 0.2) is 47.4 Å². The van der Waals surface area contributed by atoms with Crippen molar-refractivity contribution in [2.24, 2.45) is 0 Å². The second-order valence-corrected chi connectivity index (χ2v) is 6.24. The quantitative estimate of drug-likeness (QED) is 0.510. The van der Waals surface area contributed by atoms with Gasteiger partial charge in [0.05, 0.1) is 21.1 Å². The monoisotopic (exact) mass is 364 g/mol. The number of nitro groups is 1. The van der Waals surface area contributed by atoms with E-state index in [1.807, 2.05) is 4.72 Å². The summed E-state index contributed by atoms with van der Waals surface area (Å²) in [6, 6.07) is 5.15. The SMILES string of the molecule is O=[N+]([O-])c1cc(NS(=O)(=O)c2cccc(C(F)(F)F)c2)ccc1F. The van der Waals surface area contributed by atoms with Gasteiger partial charge in [-0.05, 0) is 30.3 Å². The minimum Gasteiger partial charge on any atom is -0.279 e. The van der Waals surface area contributed by atoms with E-state index in [1.165, 1.54) is 0 Å². The minimum atomic E-state index is -4.74. The molecule has 0 spiro atoms. The molecule has 0 saturated carbocycles. The molecule has 2 aromatic rings. The van der Waals surface area contributed by atoms with Crippen LogP contribution in [0.5, 0.6) is 0 Å². The highest BCUT2D eigenvalue weighted by atomic mass is 32.2. The van der Waals surface area contributed by atoms with Gasteiger partial charge in [0.25, 0.3) is 10.0 Å². The van der Waals surface area contributed by atoms with Crippen molar-refractivity contribution in [3.63, 3.8) is 0 Å². The van der Waals surface area contributed by atoms with Gasteiger partial charge in [0, 0.05) is 6.07 Å². The standard InChI is InChI=1S/C13H8F4N2O4S/c14-11-5-4-9(7-12(11)19(20)21)18-24(22,23)10-3-1-2-8(6-10)13(15,16)17/h1-7,18H. The third-order valence-corrected chi connectivity index (χ3v) is 4.25. The second-order valence-electron chi connectivity index (χ2n) is 4.55. The van der Waals surface area contributed by atoms with Crippen LogP contribution in [0.2, 0.25) is 0 Å². The molecule has 2 aromatic carbocycles. The summed E-state index contributed by atoms with van der Waals surface area (Å²) in [5, 5.41) is 10.6. The van der Waals surface area contributed by atoms with Gasteiger partial charge in [-0.3, -0.25) is 14.8 Å². The first-order valence-electron chi connectivity index (χ1n) is 6.15. The van der Waals surface area contributed by atoms with Gasteiger partial charge in [-0.1, -0.05) is 6.07 Å². The number of halogens is 4. The molecule has 0 saturated heterocycles. The molecule has 0 aliphatic carbocycles. The minimum absolute atomic E-state index is 0.361. The van der Waals surface area contributed by atoms with Crippen LogP contribution in [0.4, 0.5) is 28.9 Å². The summed E-state index contributed by atoms with van der Waals surface area (Å²) in [5.74, 6) is -1.18. The Labute approximate surface area is 132 Å². The fourth-order valence-electron chi connectivity index (χ4n) is 1.77. The highest BCUT2D eigenvalue weighted by Gasteiger charge is 2.31. The Morgan fingerprint density at radius 3 is 2.33 bits per heavy atom. The molecule has 2 rings (SSSR count). The van der Waals surface area contributed by atoms with E-state index in [0.29, 0.717) is 24.3 Å². The number of alkyl halides is 3. The highest BCUT2D eigenvalue weighted by Crippen LogP contribution is 2.31. The molecule has 11 heteroatoms. The maximum Gasteiger partial charge on any atom is 0.416 e. The average molecular weight is 364 g/mol. The molecule has 0 bridgehead atoms. The van der Waals surface area contributed by atoms with Crippen LogP contribution < -0.4 is 4.72 Å². The van der Waals surface area contributed by atoms with Crippen LogP contribution in [0.3, 0.4) is 0 Å². The molecule has 1 N–H and O–H groups in total. The summed E-state index contributed by atoms with van der Waals surface area (Å²) < 4.78 is 77.2. The lowest BCUT2D eigenvalue weighted by atomic mass is 10.2. The molecule has 0 atom stereocenters. The van der Waals surface area contributed by atoms with E-state index in [9.17, 15) is 36.1 Å². The van der Waals surface area contributed by atoms with E-state index >= 15 is 0 Å². The maximum absolute atomic E-state index is 13.2. The molecule has 0 unspecified atom stereocenters. The number of nitrogens with zero attached hydrogens (tertiary/aromatic N) is 1. The topological polar surface area (TPSA) is 89.3 Å². The Morgan fingerprint density at radius 2 is 1.75 bits per heavy atom. The van der Waals surface area contributed by atoms with E-state index < -0.39 is 43.1 Å². The lowest BCUT2D eigenvalue weighted by Crippen LogP contribution is -2.14. The van der Waals surface area contributed by atoms with Crippen molar-refractivity contribution in [1.29, 1.82) is 0 Å². The van der Waals surface area contributed by atoms with Gasteiger partial charge < -0.3 is 0 Å². The van der Waals surface area contributed by atoms with Crippen molar-refractivity contribution < 1.29 is 30.9 Å². The van der Waals surface area contributed by atoms with Gasteiger partial charge in [-0.2, -0.15) is 17.6 Å². The van der Waals surface area contributed by atoms with Crippen LogP contribution in [0.25, 0.3) is 0 Å². The lowest BCUT2D eigenvalue weighted by molar-refractivity contribution is -0.387. The first-order chi connectivity index (χ1) is 11.0. The number of hydrogen-bond acceptors (Lipinski definition) is 4. The number of anilines is 1. The number of benzene rings is 2. The van der Waals surface area contributed by atoms with E-state index in [4.69, 9.17) is 0 Å². The van der Waals surface area contributed by atoms with E-state index in [-0.39, 0.29) is 5.69 Å². The molecular formula is C13H8F4N2O4S. The number of nitrogens with one attached hydrogen (secondary N) is 1. The summed E-state index contributed by atoms with van der Waals surface area (Å²) in [6.07, 6.45) is -4.74. The summed E-state index contributed by atoms with van der Waals surface area (Å²) in [6.45, 7) is 0. The molecule has 128 valence electrons. The van der Waals surface area contributed by atoms with Crippen molar-refractivity contribution in [2.75, 3.05) is 4.72 Å². The van der Waals surface area contributed by atoms with Crippen LogP contribution in [0.1, 0.15) is 5.56 Å². The molecule has 0 aliphatic rings. The molecular weight excluding hydrogens is 356 g/mol. The maximum atomic E-state index is 13.2. The third-order valence-electron chi connectivity index (χ3n) is 2.87. The number of nitro benzene ring substituents is 1. The summed E-state index contributed by atoms with van der Waals surface area (Å²) in [7, 11) is -4.45. The molecule has 0 radical (unpaired) electrons. The summed E-state index contributed by atoms with van der Waals surface area (Å²) in [5.41, 5.74) is -2.50. The van der Waals surface area contributed by atoms with Crippen LogP contribution in [-0.4, -0.2) is 13.3 Å². The van der Waals surface area contributed by atoms with Gasteiger partial charge in [-0.25, -0.2) is 8.42 Å². The molecule has 0 aromatic heterocycles. The van der Waals surface area contributed by atoms with Gasteiger partial charge in [0.15, 0.2) is 0 Å². The molecule has 6 nitrogen and oxygen atoms in total. The number of sulfonamides is 1. The predicted molar refractivity (Wildman–Crippen MR) is 75.3 cm³/mol.